The molecule has 0 aliphatic rings. The molecule has 0 unspecified atom stereocenters. The van der Waals surface area contributed by atoms with Gasteiger partial charge in [0.25, 0.3) is 0 Å². The molecule has 0 aromatic heterocycles. The number of ether oxygens (including phenoxy) is 3. The SMILES string of the molecule is COc1ccc(/C=C/C(=O)c2ccc(OC)c(CC(=O)O)c2)c(OC)c1. The van der Waals surface area contributed by atoms with Crippen LogP contribution in [0.5, 0.6) is 17.2 Å². The minimum atomic E-state index is -0.994. The summed E-state index contributed by atoms with van der Waals surface area (Å²) >= 11 is 0. The van der Waals surface area contributed by atoms with Crippen LogP contribution in [0, 0.1) is 0 Å². The van der Waals surface area contributed by atoms with Crippen LogP contribution in [0.3, 0.4) is 0 Å². The number of allylic oxidation sites excluding steroid dienone is 1. The molecule has 136 valence electrons. The second kappa shape index (κ2) is 8.71. The Morgan fingerprint density at radius 1 is 0.962 bits per heavy atom. The first-order chi connectivity index (χ1) is 12.5. The number of hydrogen-bond donors (Lipinski definition) is 1. The third-order valence-electron chi connectivity index (χ3n) is 3.76. The highest BCUT2D eigenvalue weighted by Gasteiger charge is 2.11. The van der Waals surface area contributed by atoms with E-state index in [9.17, 15) is 9.59 Å². The fourth-order valence-electron chi connectivity index (χ4n) is 2.45. The van der Waals surface area contributed by atoms with E-state index in [1.807, 2.05) is 0 Å². The zero-order valence-electron chi connectivity index (χ0n) is 14.8. The Bertz CT molecular complexity index is 838. The molecule has 0 aliphatic carbocycles. The monoisotopic (exact) mass is 356 g/mol. The van der Waals surface area contributed by atoms with Crippen LogP contribution < -0.4 is 14.2 Å². The first-order valence-corrected chi connectivity index (χ1v) is 7.81. The molecular formula is C20H20O6. The van der Waals surface area contributed by atoms with Crippen molar-refractivity contribution in [2.45, 2.75) is 6.42 Å². The van der Waals surface area contributed by atoms with Crippen LogP contribution in [0.4, 0.5) is 0 Å². The summed E-state index contributed by atoms with van der Waals surface area (Å²) in [7, 11) is 4.56. The summed E-state index contributed by atoms with van der Waals surface area (Å²) in [5, 5.41) is 8.99. The third-order valence-corrected chi connectivity index (χ3v) is 3.76. The third kappa shape index (κ3) is 4.63. The van der Waals surface area contributed by atoms with E-state index in [2.05, 4.69) is 0 Å². The van der Waals surface area contributed by atoms with Crippen LogP contribution in [0.1, 0.15) is 21.5 Å². The van der Waals surface area contributed by atoms with Gasteiger partial charge in [0.1, 0.15) is 17.2 Å². The lowest BCUT2D eigenvalue weighted by Crippen LogP contribution is -2.04. The summed E-state index contributed by atoms with van der Waals surface area (Å²) in [4.78, 5) is 23.4. The molecule has 2 aromatic rings. The van der Waals surface area contributed by atoms with E-state index in [1.54, 1.807) is 43.5 Å². The van der Waals surface area contributed by atoms with E-state index in [1.165, 1.54) is 26.4 Å². The smallest absolute Gasteiger partial charge is 0.307 e. The van der Waals surface area contributed by atoms with Crippen molar-refractivity contribution in [2.75, 3.05) is 21.3 Å². The lowest BCUT2D eigenvalue weighted by atomic mass is 10.0. The Balaban J connectivity index is 2.27. The van der Waals surface area contributed by atoms with Gasteiger partial charge in [-0.25, -0.2) is 0 Å². The zero-order chi connectivity index (χ0) is 19.1. The van der Waals surface area contributed by atoms with Crippen molar-refractivity contribution in [1.29, 1.82) is 0 Å². The van der Waals surface area contributed by atoms with E-state index >= 15 is 0 Å². The average molecular weight is 356 g/mol. The van der Waals surface area contributed by atoms with Crippen LogP contribution >= 0.6 is 0 Å². The molecular weight excluding hydrogens is 336 g/mol. The predicted molar refractivity (Wildman–Crippen MR) is 97.2 cm³/mol. The second-order valence-electron chi connectivity index (χ2n) is 5.40. The molecule has 0 fully saturated rings. The molecule has 0 radical (unpaired) electrons. The molecule has 0 saturated carbocycles. The Morgan fingerprint density at radius 2 is 1.69 bits per heavy atom. The Labute approximate surface area is 151 Å². The predicted octanol–water partition coefficient (Wildman–Crippen LogP) is 3.24. The highest BCUT2D eigenvalue weighted by Crippen LogP contribution is 2.26. The van der Waals surface area contributed by atoms with Gasteiger partial charge in [-0.15, -0.1) is 0 Å². The quantitative estimate of drug-likeness (QED) is 0.578. The molecule has 26 heavy (non-hydrogen) atoms. The summed E-state index contributed by atoms with van der Waals surface area (Å²) in [5.74, 6) is 0.418. The highest BCUT2D eigenvalue weighted by atomic mass is 16.5. The minimum absolute atomic E-state index is 0.222. The van der Waals surface area contributed by atoms with Crippen LogP contribution in [0.15, 0.2) is 42.5 Å². The van der Waals surface area contributed by atoms with Crippen molar-refractivity contribution in [1.82, 2.24) is 0 Å². The summed E-state index contributed by atoms with van der Waals surface area (Å²) in [6, 6.07) is 10.00. The van der Waals surface area contributed by atoms with Gasteiger partial charge in [-0.3, -0.25) is 9.59 Å². The van der Waals surface area contributed by atoms with Gasteiger partial charge in [0.15, 0.2) is 5.78 Å². The van der Waals surface area contributed by atoms with E-state index in [0.29, 0.717) is 28.4 Å². The number of aliphatic carboxylic acids is 1. The molecule has 0 heterocycles. The van der Waals surface area contributed by atoms with Crippen molar-refractivity contribution < 1.29 is 28.9 Å². The number of hydrogen-bond acceptors (Lipinski definition) is 5. The lowest BCUT2D eigenvalue weighted by Gasteiger charge is -2.08. The van der Waals surface area contributed by atoms with Crippen molar-refractivity contribution in [2.24, 2.45) is 0 Å². The summed E-state index contributed by atoms with van der Waals surface area (Å²) in [5.41, 5.74) is 1.55. The maximum Gasteiger partial charge on any atom is 0.307 e. The van der Waals surface area contributed by atoms with Gasteiger partial charge in [-0.05, 0) is 42.5 Å². The van der Waals surface area contributed by atoms with Crippen LogP contribution in [-0.4, -0.2) is 38.2 Å². The van der Waals surface area contributed by atoms with E-state index < -0.39 is 5.97 Å². The molecule has 0 aliphatic heterocycles. The minimum Gasteiger partial charge on any atom is -0.497 e. The maximum atomic E-state index is 12.4. The normalized spacial score (nSPS) is 10.6. The van der Waals surface area contributed by atoms with Crippen LogP contribution in [-0.2, 0) is 11.2 Å². The molecule has 2 rings (SSSR count). The van der Waals surface area contributed by atoms with Crippen molar-refractivity contribution in [3.63, 3.8) is 0 Å². The second-order valence-corrected chi connectivity index (χ2v) is 5.40. The topological polar surface area (TPSA) is 82.1 Å². The Morgan fingerprint density at radius 3 is 2.31 bits per heavy atom. The molecule has 0 bridgehead atoms. The summed E-state index contributed by atoms with van der Waals surface area (Å²) < 4.78 is 15.6. The molecule has 2 aromatic carbocycles. The lowest BCUT2D eigenvalue weighted by molar-refractivity contribution is -0.136. The van der Waals surface area contributed by atoms with Gasteiger partial charge in [0.2, 0.25) is 0 Å². The number of carboxylic acid groups (broad SMARTS) is 1. The first kappa shape index (κ1) is 19.1. The van der Waals surface area contributed by atoms with E-state index in [0.717, 1.165) is 5.56 Å². The number of benzene rings is 2. The van der Waals surface area contributed by atoms with E-state index in [-0.39, 0.29) is 12.2 Å². The largest absolute Gasteiger partial charge is 0.497 e. The molecule has 0 spiro atoms. The number of methoxy groups -OCH3 is 3. The zero-order valence-corrected chi connectivity index (χ0v) is 14.8. The van der Waals surface area contributed by atoms with Gasteiger partial charge in [0, 0.05) is 22.8 Å². The van der Waals surface area contributed by atoms with Crippen molar-refractivity contribution >= 4 is 17.8 Å². The standard InChI is InChI=1S/C20H20O6/c1-24-16-7-4-13(19(12-16)26-3)5-8-17(21)14-6-9-18(25-2)15(10-14)11-20(22)23/h4-10,12H,11H2,1-3H3,(H,22,23)/b8-5+. The maximum absolute atomic E-state index is 12.4. The highest BCUT2D eigenvalue weighted by molar-refractivity contribution is 6.07. The number of carbonyl (C=O) groups excluding carboxylic acids is 1. The van der Waals surface area contributed by atoms with E-state index in [4.69, 9.17) is 19.3 Å². The summed E-state index contributed by atoms with van der Waals surface area (Å²) in [6.45, 7) is 0. The number of ketones is 1. The first-order valence-electron chi connectivity index (χ1n) is 7.81. The molecule has 0 amide bonds. The van der Waals surface area contributed by atoms with Crippen LogP contribution in [0.25, 0.3) is 6.08 Å². The van der Waals surface area contributed by atoms with Gasteiger partial charge in [-0.1, -0.05) is 0 Å². The molecule has 6 nitrogen and oxygen atoms in total. The fraction of sp³-hybridized carbons (Fsp3) is 0.200. The Kier molecular flexibility index (Phi) is 6.38. The van der Waals surface area contributed by atoms with Gasteiger partial charge < -0.3 is 19.3 Å². The number of carboxylic acids is 1. The molecule has 6 heteroatoms. The number of rotatable bonds is 8. The van der Waals surface area contributed by atoms with Crippen molar-refractivity contribution in [3.8, 4) is 17.2 Å². The fourth-order valence-corrected chi connectivity index (χ4v) is 2.45. The molecule has 0 saturated heterocycles. The Hall–Kier alpha value is -3.28. The van der Waals surface area contributed by atoms with Gasteiger partial charge >= 0.3 is 5.97 Å². The van der Waals surface area contributed by atoms with Gasteiger partial charge in [0.05, 0.1) is 27.8 Å². The number of carbonyl (C=O) groups is 2. The molecule has 1 N–H and O–H groups in total. The molecule has 0 atom stereocenters. The van der Waals surface area contributed by atoms with Crippen LogP contribution in [0.2, 0.25) is 0 Å². The average Bonchev–Trinajstić information content (AvgIpc) is 2.65. The van der Waals surface area contributed by atoms with Crippen molar-refractivity contribution in [3.05, 3.63) is 59.2 Å². The van der Waals surface area contributed by atoms with Gasteiger partial charge in [-0.2, -0.15) is 0 Å². The summed E-state index contributed by atoms with van der Waals surface area (Å²) in [6.07, 6.45) is 2.83.